The number of methoxy groups -OCH3 is 1. The third kappa shape index (κ3) is 5.27. The van der Waals surface area contributed by atoms with E-state index in [-0.39, 0.29) is 10.9 Å². The van der Waals surface area contributed by atoms with Gasteiger partial charge in [-0.1, -0.05) is 18.2 Å². The number of halogens is 1. The zero-order chi connectivity index (χ0) is 26.0. The number of nitrogens with one attached hydrogen (secondary N) is 1. The Labute approximate surface area is 215 Å². The lowest BCUT2D eigenvalue weighted by molar-refractivity contribution is 0.141. The molecule has 1 aromatic heterocycles. The molecule has 1 atom stereocenters. The molecule has 8 nitrogen and oxygen atoms in total. The van der Waals surface area contributed by atoms with Crippen molar-refractivity contribution in [2.24, 2.45) is 0 Å². The summed E-state index contributed by atoms with van der Waals surface area (Å²) in [5.74, 6) is 1.62. The third-order valence-electron chi connectivity index (χ3n) is 6.60. The highest BCUT2D eigenvalue weighted by Crippen LogP contribution is 2.29. The first-order chi connectivity index (χ1) is 17.8. The van der Waals surface area contributed by atoms with Crippen molar-refractivity contribution < 1.29 is 17.5 Å². The summed E-state index contributed by atoms with van der Waals surface area (Å²) < 4.78 is 46.0. The standard InChI is InChI=1S/C27H28FN5O3S/c1-19(32-14-16-33(17-15-32)37(34,35)23-12-10-20(28)11-13-23)26-30-25-9-4-3-8-24(25)27(31-26)29-21-6-5-7-22(18-21)36-2/h3-13,18-19H,14-17H2,1-2H3,(H,29,30,31). The van der Waals surface area contributed by atoms with Crippen molar-refractivity contribution in [3.8, 4) is 5.75 Å². The van der Waals surface area contributed by atoms with Gasteiger partial charge < -0.3 is 10.1 Å². The summed E-state index contributed by atoms with van der Waals surface area (Å²) in [5.41, 5.74) is 1.67. The molecule has 0 amide bonds. The predicted octanol–water partition coefficient (Wildman–Crippen LogP) is 4.59. The summed E-state index contributed by atoms with van der Waals surface area (Å²) in [6.45, 7) is 3.73. The van der Waals surface area contributed by atoms with Gasteiger partial charge in [0.05, 0.1) is 23.6 Å². The molecule has 2 heterocycles. The highest BCUT2D eigenvalue weighted by atomic mass is 32.2. The van der Waals surface area contributed by atoms with Crippen molar-refractivity contribution >= 4 is 32.4 Å². The highest BCUT2D eigenvalue weighted by Gasteiger charge is 2.31. The monoisotopic (exact) mass is 521 g/mol. The Morgan fingerprint density at radius 3 is 2.41 bits per heavy atom. The Kier molecular flexibility index (Phi) is 7.05. The van der Waals surface area contributed by atoms with E-state index in [9.17, 15) is 12.8 Å². The molecule has 1 saturated heterocycles. The predicted molar refractivity (Wildman–Crippen MR) is 141 cm³/mol. The van der Waals surface area contributed by atoms with Gasteiger partial charge in [0.15, 0.2) is 0 Å². The van der Waals surface area contributed by atoms with Crippen molar-refractivity contribution in [1.29, 1.82) is 0 Å². The molecule has 1 unspecified atom stereocenters. The van der Waals surface area contributed by atoms with Crippen LogP contribution in [0, 0.1) is 5.82 Å². The molecular formula is C27H28FN5O3S. The van der Waals surface area contributed by atoms with Crippen molar-refractivity contribution in [1.82, 2.24) is 19.2 Å². The molecule has 1 aliphatic rings. The Morgan fingerprint density at radius 2 is 1.68 bits per heavy atom. The lowest BCUT2D eigenvalue weighted by atomic mass is 10.2. The van der Waals surface area contributed by atoms with Crippen molar-refractivity contribution in [3.63, 3.8) is 0 Å². The number of piperazine rings is 1. The Hall–Kier alpha value is -3.60. The van der Waals surface area contributed by atoms with Crippen LogP contribution in [-0.2, 0) is 10.0 Å². The number of benzene rings is 3. The molecule has 5 rings (SSSR count). The van der Waals surface area contributed by atoms with Crippen molar-refractivity contribution in [3.05, 3.63) is 84.4 Å². The van der Waals surface area contributed by atoms with E-state index >= 15 is 0 Å². The maximum absolute atomic E-state index is 13.3. The molecule has 0 spiro atoms. The first-order valence-electron chi connectivity index (χ1n) is 12.0. The number of para-hydroxylation sites is 1. The quantitative estimate of drug-likeness (QED) is 0.381. The minimum absolute atomic E-state index is 0.0986. The van der Waals surface area contributed by atoms with Crippen LogP contribution in [0.3, 0.4) is 0 Å². The number of ether oxygens (including phenoxy) is 1. The zero-order valence-electron chi connectivity index (χ0n) is 20.6. The second-order valence-corrected chi connectivity index (χ2v) is 10.8. The van der Waals surface area contributed by atoms with Gasteiger partial charge in [-0.2, -0.15) is 4.31 Å². The number of sulfonamides is 1. The van der Waals surface area contributed by atoms with Gasteiger partial charge in [-0.3, -0.25) is 4.90 Å². The number of rotatable bonds is 7. The van der Waals surface area contributed by atoms with E-state index in [4.69, 9.17) is 14.7 Å². The number of anilines is 2. The van der Waals surface area contributed by atoms with Crippen LogP contribution in [0.1, 0.15) is 18.8 Å². The fourth-order valence-electron chi connectivity index (χ4n) is 4.46. The van der Waals surface area contributed by atoms with Gasteiger partial charge in [0.1, 0.15) is 23.2 Å². The van der Waals surface area contributed by atoms with E-state index in [1.54, 1.807) is 7.11 Å². The number of fused-ring (bicyclic) bond motifs is 1. The van der Waals surface area contributed by atoms with Crippen LogP contribution >= 0.6 is 0 Å². The van der Waals surface area contributed by atoms with E-state index in [2.05, 4.69) is 10.2 Å². The molecule has 0 radical (unpaired) electrons. The first-order valence-corrected chi connectivity index (χ1v) is 13.5. The normalized spacial score (nSPS) is 16.0. The van der Waals surface area contributed by atoms with Gasteiger partial charge in [0, 0.05) is 43.3 Å². The Balaban J connectivity index is 1.36. The molecule has 0 bridgehead atoms. The smallest absolute Gasteiger partial charge is 0.243 e. The van der Waals surface area contributed by atoms with Gasteiger partial charge in [0.25, 0.3) is 0 Å². The maximum atomic E-state index is 13.3. The van der Waals surface area contributed by atoms with E-state index in [1.807, 2.05) is 55.5 Å². The minimum atomic E-state index is -3.68. The SMILES string of the molecule is COc1cccc(Nc2nc(C(C)N3CCN(S(=O)(=O)c4ccc(F)cc4)CC3)nc3ccccc23)c1. The Bertz CT molecular complexity index is 1510. The van der Waals surface area contributed by atoms with Crippen LogP contribution in [0.15, 0.2) is 77.7 Å². The van der Waals surface area contributed by atoms with Gasteiger partial charge in [-0.25, -0.2) is 22.8 Å². The molecular weight excluding hydrogens is 493 g/mol. The maximum Gasteiger partial charge on any atom is 0.243 e. The average molecular weight is 522 g/mol. The summed E-state index contributed by atoms with van der Waals surface area (Å²) in [6.07, 6.45) is 0. The summed E-state index contributed by atoms with van der Waals surface area (Å²) >= 11 is 0. The summed E-state index contributed by atoms with van der Waals surface area (Å²) in [6, 6.07) is 20.3. The fourth-order valence-corrected chi connectivity index (χ4v) is 5.89. The molecule has 192 valence electrons. The molecule has 1 fully saturated rings. The number of aromatic nitrogens is 2. The van der Waals surface area contributed by atoms with E-state index in [1.165, 1.54) is 28.6 Å². The van der Waals surface area contributed by atoms with Gasteiger partial charge in [-0.05, 0) is 55.5 Å². The summed E-state index contributed by atoms with van der Waals surface area (Å²) in [4.78, 5) is 12.0. The number of hydrogen-bond acceptors (Lipinski definition) is 7. The van der Waals surface area contributed by atoms with Crippen LogP contribution in [0.25, 0.3) is 10.9 Å². The van der Waals surface area contributed by atoms with Crippen molar-refractivity contribution in [2.75, 3.05) is 38.6 Å². The molecule has 1 aliphatic heterocycles. The van der Waals surface area contributed by atoms with Crippen LogP contribution in [0.2, 0.25) is 0 Å². The lowest BCUT2D eigenvalue weighted by Gasteiger charge is -2.36. The zero-order valence-corrected chi connectivity index (χ0v) is 21.5. The molecule has 4 aromatic rings. The third-order valence-corrected chi connectivity index (χ3v) is 8.51. The second kappa shape index (κ2) is 10.4. The number of nitrogens with zero attached hydrogens (tertiary/aromatic N) is 4. The molecule has 0 saturated carbocycles. The van der Waals surface area contributed by atoms with E-state index in [0.29, 0.717) is 37.8 Å². The molecule has 10 heteroatoms. The molecule has 37 heavy (non-hydrogen) atoms. The molecule has 0 aliphatic carbocycles. The van der Waals surface area contributed by atoms with Crippen LogP contribution < -0.4 is 10.1 Å². The summed E-state index contributed by atoms with van der Waals surface area (Å²) in [5, 5.41) is 4.30. The van der Waals surface area contributed by atoms with Crippen LogP contribution in [0.5, 0.6) is 5.75 Å². The van der Waals surface area contributed by atoms with E-state index in [0.717, 1.165) is 22.3 Å². The minimum Gasteiger partial charge on any atom is -0.497 e. The van der Waals surface area contributed by atoms with E-state index < -0.39 is 15.8 Å². The van der Waals surface area contributed by atoms with Crippen LogP contribution in [0.4, 0.5) is 15.9 Å². The molecule has 1 N–H and O–H groups in total. The van der Waals surface area contributed by atoms with Crippen molar-refractivity contribution in [2.45, 2.75) is 17.9 Å². The fraction of sp³-hybridized carbons (Fsp3) is 0.259. The Morgan fingerprint density at radius 1 is 0.946 bits per heavy atom. The highest BCUT2D eigenvalue weighted by molar-refractivity contribution is 7.89. The van der Waals surface area contributed by atoms with Gasteiger partial charge in [-0.15, -0.1) is 0 Å². The first kappa shape index (κ1) is 25.1. The summed E-state index contributed by atoms with van der Waals surface area (Å²) in [7, 11) is -2.05. The average Bonchev–Trinajstić information content (AvgIpc) is 2.93. The topological polar surface area (TPSA) is 87.7 Å². The largest absolute Gasteiger partial charge is 0.497 e. The molecule has 3 aromatic carbocycles. The number of hydrogen-bond donors (Lipinski definition) is 1. The second-order valence-electron chi connectivity index (χ2n) is 8.87. The van der Waals surface area contributed by atoms with Crippen LogP contribution in [-0.4, -0.2) is 60.9 Å². The van der Waals surface area contributed by atoms with Gasteiger partial charge in [0.2, 0.25) is 10.0 Å². The van der Waals surface area contributed by atoms with Gasteiger partial charge >= 0.3 is 0 Å². The lowest BCUT2D eigenvalue weighted by Crippen LogP contribution is -2.49.